The minimum Gasteiger partial charge on any atom is -0.481 e. The molecule has 3 rings (SSSR count). The van der Waals surface area contributed by atoms with Gasteiger partial charge < -0.3 is 15.9 Å². The molecule has 0 aliphatic heterocycles. The summed E-state index contributed by atoms with van der Waals surface area (Å²) in [4.78, 5) is 12.5. The smallest absolute Gasteiger partial charge is 0.309 e. The molecular weight excluding hydrogens is 470 g/mol. The van der Waals surface area contributed by atoms with Gasteiger partial charge in [-0.25, -0.2) is 0 Å². The average molecular weight is 526 g/mol. The molecule has 4 N–H and O–H groups in total. The number of carbonyl (C=O) groups is 1. The van der Waals surface area contributed by atoms with Crippen molar-refractivity contribution in [1.29, 1.82) is 0 Å². The van der Waals surface area contributed by atoms with Crippen LogP contribution in [-0.4, -0.2) is 28.8 Å². The number of unbranched alkanes of at least 4 members (excludes halogenated alkanes) is 2. The Morgan fingerprint density at radius 3 is 2.32 bits per heavy atom. The first-order chi connectivity index (χ1) is 18.5. The zero-order chi connectivity index (χ0) is 27.2. The lowest BCUT2D eigenvalue weighted by molar-refractivity contribution is -0.150. The number of hydrogen-bond acceptors (Lipinski definition) is 3. The van der Waals surface area contributed by atoms with Gasteiger partial charge in [-0.15, -0.1) is 0 Å². The highest BCUT2D eigenvalue weighted by Gasteiger charge is 2.44. The standard InChI is InChI=1S/C34H55NO3/c1-27(36)32(33(37)38)31(26-34(23-14-15-24-34)30-20-12-7-13-21-30)29(22-25-35)19-11-5-3-2-4-8-16-28-17-9-6-10-18-28/h2,4,7,12-13,20-21,27-29,31-32,36H,3,5-6,8-11,14-19,22-26,35H2,1H3,(H,37,38). The monoisotopic (exact) mass is 525 g/mol. The number of aliphatic carboxylic acids is 1. The molecular formula is C34H55NO3. The number of allylic oxidation sites excluding steroid dienone is 2. The van der Waals surface area contributed by atoms with Gasteiger partial charge in [0, 0.05) is 0 Å². The SMILES string of the molecule is CC(O)C(C(=O)O)C(CC1(c2ccccc2)CCCC1)C(CCN)CCCCC=CCCC1CCCCC1. The van der Waals surface area contributed by atoms with E-state index in [1.165, 1.54) is 63.4 Å². The third-order valence-corrected chi connectivity index (χ3v) is 9.81. The Morgan fingerprint density at radius 2 is 1.68 bits per heavy atom. The first-order valence-electron chi connectivity index (χ1n) is 15.8. The third-order valence-electron chi connectivity index (χ3n) is 9.81. The molecule has 4 unspecified atom stereocenters. The van der Waals surface area contributed by atoms with Crippen molar-refractivity contribution >= 4 is 5.97 Å². The predicted molar refractivity (Wildman–Crippen MR) is 158 cm³/mol. The summed E-state index contributed by atoms with van der Waals surface area (Å²) in [7, 11) is 0. The fourth-order valence-electron chi connectivity index (χ4n) is 7.74. The molecule has 0 heterocycles. The van der Waals surface area contributed by atoms with E-state index in [1.807, 2.05) is 0 Å². The molecule has 4 atom stereocenters. The van der Waals surface area contributed by atoms with Crippen molar-refractivity contribution in [1.82, 2.24) is 0 Å². The number of carboxylic acids is 1. The molecule has 38 heavy (non-hydrogen) atoms. The molecule has 0 bridgehead atoms. The quantitative estimate of drug-likeness (QED) is 0.142. The molecule has 4 heteroatoms. The Morgan fingerprint density at radius 1 is 1.00 bits per heavy atom. The molecule has 2 fully saturated rings. The highest BCUT2D eigenvalue weighted by molar-refractivity contribution is 5.71. The molecule has 0 spiro atoms. The van der Waals surface area contributed by atoms with E-state index in [0.717, 1.165) is 57.3 Å². The summed E-state index contributed by atoms with van der Waals surface area (Å²) < 4.78 is 0. The zero-order valence-corrected chi connectivity index (χ0v) is 24.0. The number of benzene rings is 1. The number of hydrogen-bond donors (Lipinski definition) is 3. The fourth-order valence-corrected chi connectivity index (χ4v) is 7.74. The zero-order valence-electron chi connectivity index (χ0n) is 24.0. The van der Waals surface area contributed by atoms with Crippen molar-refractivity contribution in [3.8, 4) is 0 Å². The van der Waals surface area contributed by atoms with E-state index in [-0.39, 0.29) is 17.3 Å². The van der Waals surface area contributed by atoms with E-state index in [4.69, 9.17) is 5.73 Å². The molecule has 1 aromatic rings. The number of rotatable bonds is 17. The molecule has 0 aromatic heterocycles. The van der Waals surface area contributed by atoms with Gasteiger partial charge in [-0.05, 0) is 93.6 Å². The maximum absolute atomic E-state index is 12.5. The van der Waals surface area contributed by atoms with Gasteiger partial charge in [0.1, 0.15) is 0 Å². The van der Waals surface area contributed by atoms with E-state index in [0.29, 0.717) is 6.54 Å². The van der Waals surface area contributed by atoms with Crippen LogP contribution in [0.5, 0.6) is 0 Å². The lowest BCUT2D eigenvalue weighted by atomic mass is 9.64. The third kappa shape index (κ3) is 9.23. The molecule has 214 valence electrons. The minimum atomic E-state index is -0.876. The van der Waals surface area contributed by atoms with E-state index in [1.54, 1.807) is 6.92 Å². The van der Waals surface area contributed by atoms with Gasteiger partial charge in [-0.3, -0.25) is 4.79 Å². The Kier molecular flexibility index (Phi) is 13.4. The van der Waals surface area contributed by atoms with Crippen LogP contribution in [-0.2, 0) is 10.2 Å². The molecule has 0 amide bonds. The van der Waals surface area contributed by atoms with Crippen molar-refractivity contribution in [2.24, 2.45) is 29.4 Å². The van der Waals surface area contributed by atoms with Crippen LogP contribution in [0.15, 0.2) is 42.5 Å². The largest absolute Gasteiger partial charge is 0.481 e. The second-order valence-electron chi connectivity index (χ2n) is 12.5. The highest BCUT2D eigenvalue weighted by atomic mass is 16.4. The molecule has 2 aliphatic rings. The Bertz CT molecular complexity index is 808. The summed E-state index contributed by atoms with van der Waals surface area (Å²) in [6, 6.07) is 10.7. The maximum atomic E-state index is 12.5. The number of aliphatic hydroxyl groups excluding tert-OH is 1. The average Bonchev–Trinajstić information content (AvgIpc) is 3.39. The lowest BCUT2D eigenvalue weighted by Gasteiger charge is -2.40. The molecule has 2 aliphatic carbocycles. The van der Waals surface area contributed by atoms with Gasteiger partial charge in [0.05, 0.1) is 12.0 Å². The molecule has 4 nitrogen and oxygen atoms in total. The molecule has 2 saturated carbocycles. The molecule has 0 saturated heterocycles. The van der Waals surface area contributed by atoms with E-state index in [2.05, 4.69) is 42.5 Å². The number of nitrogens with two attached hydrogens (primary N) is 1. The molecule has 1 aromatic carbocycles. The summed E-state index contributed by atoms with van der Waals surface area (Å²) in [5, 5.41) is 20.9. The van der Waals surface area contributed by atoms with Crippen molar-refractivity contribution in [3.05, 3.63) is 48.0 Å². The van der Waals surface area contributed by atoms with E-state index >= 15 is 0 Å². The Balaban J connectivity index is 1.63. The van der Waals surface area contributed by atoms with Crippen molar-refractivity contribution in [3.63, 3.8) is 0 Å². The van der Waals surface area contributed by atoms with Crippen LogP contribution in [0.3, 0.4) is 0 Å². The summed E-state index contributed by atoms with van der Waals surface area (Å²) in [5.74, 6) is -0.549. The van der Waals surface area contributed by atoms with Crippen LogP contribution >= 0.6 is 0 Å². The summed E-state index contributed by atoms with van der Waals surface area (Å²) in [5.41, 5.74) is 7.44. The van der Waals surface area contributed by atoms with Crippen LogP contribution < -0.4 is 5.73 Å². The summed E-state index contributed by atoms with van der Waals surface area (Å²) in [6.45, 7) is 2.22. The molecule has 0 radical (unpaired) electrons. The number of aliphatic hydroxyl groups is 1. The Labute approximate surface area is 232 Å². The van der Waals surface area contributed by atoms with Crippen LogP contribution in [0.25, 0.3) is 0 Å². The van der Waals surface area contributed by atoms with Gasteiger partial charge in [0.25, 0.3) is 0 Å². The van der Waals surface area contributed by atoms with Crippen molar-refractivity contribution < 1.29 is 15.0 Å². The Hall–Kier alpha value is -1.65. The normalized spacial score (nSPS) is 21.3. The van der Waals surface area contributed by atoms with Gasteiger partial charge in [0.15, 0.2) is 0 Å². The number of carboxylic acid groups (broad SMARTS) is 1. The van der Waals surface area contributed by atoms with Gasteiger partial charge in [-0.1, -0.05) is 100 Å². The van der Waals surface area contributed by atoms with Gasteiger partial charge >= 0.3 is 5.97 Å². The summed E-state index contributed by atoms with van der Waals surface area (Å²) in [6.07, 6.45) is 24.0. The maximum Gasteiger partial charge on any atom is 0.309 e. The first-order valence-corrected chi connectivity index (χ1v) is 15.8. The second-order valence-corrected chi connectivity index (χ2v) is 12.5. The highest BCUT2D eigenvalue weighted by Crippen LogP contribution is 2.49. The van der Waals surface area contributed by atoms with Crippen molar-refractivity contribution in [2.75, 3.05) is 6.54 Å². The first kappa shape index (κ1) is 30.9. The van der Waals surface area contributed by atoms with Crippen LogP contribution in [0.1, 0.15) is 122 Å². The van der Waals surface area contributed by atoms with Crippen molar-refractivity contribution in [2.45, 2.75) is 128 Å². The van der Waals surface area contributed by atoms with Gasteiger partial charge in [-0.2, -0.15) is 0 Å². The topological polar surface area (TPSA) is 83.5 Å². The second kappa shape index (κ2) is 16.5. The fraction of sp³-hybridized carbons (Fsp3) is 0.735. The van der Waals surface area contributed by atoms with Gasteiger partial charge in [0.2, 0.25) is 0 Å². The van der Waals surface area contributed by atoms with Crippen LogP contribution in [0.4, 0.5) is 0 Å². The van der Waals surface area contributed by atoms with Crippen LogP contribution in [0, 0.1) is 23.7 Å². The minimum absolute atomic E-state index is 0.00242. The lowest BCUT2D eigenvalue weighted by Crippen LogP contribution is -2.41. The summed E-state index contributed by atoms with van der Waals surface area (Å²) >= 11 is 0. The van der Waals surface area contributed by atoms with E-state index in [9.17, 15) is 15.0 Å². The van der Waals surface area contributed by atoms with Crippen LogP contribution in [0.2, 0.25) is 0 Å². The predicted octanol–water partition coefficient (Wildman–Crippen LogP) is 8.03. The van der Waals surface area contributed by atoms with E-state index < -0.39 is 18.0 Å².